The van der Waals surface area contributed by atoms with Crippen LogP contribution in [0.15, 0.2) is 18.2 Å². The van der Waals surface area contributed by atoms with Gasteiger partial charge in [-0.1, -0.05) is 12.1 Å². The molecule has 2 rings (SSSR count). The monoisotopic (exact) mass is 266 g/mol. The molecule has 2 unspecified atom stereocenters. The van der Waals surface area contributed by atoms with Gasteiger partial charge in [0.25, 0.3) is 0 Å². The number of ether oxygens (including phenoxy) is 1. The lowest BCUT2D eigenvalue weighted by atomic mass is 9.98. The third-order valence-electron chi connectivity index (χ3n) is 3.83. The summed E-state index contributed by atoms with van der Waals surface area (Å²) >= 11 is 0. The second-order valence-corrected chi connectivity index (χ2v) is 5.29. The van der Waals surface area contributed by atoms with E-state index in [-0.39, 0.29) is 11.9 Å². The van der Waals surface area contributed by atoms with E-state index in [9.17, 15) is 4.39 Å². The van der Waals surface area contributed by atoms with Crippen LogP contribution in [0.25, 0.3) is 0 Å². The van der Waals surface area contributed by atoms with Gasteiger partial charge in [-0.05, 0) is 56.2 Å². The van der Waals surface area contributed by atoms with Crippen LogP contribution >= 0.6 is 0 Å². The molecule has 1 aliphatic rings. The third kappa shape index (κ3) is 4.00. The molecule has 4 heteroatoms. The fourth-order valence-electron chi connectivity index (χ4n) is 2.65. The summed E-state index contributed by atoms with van der Waals surface area (Å²) in [6.07, 6.45) is 5.88. The van der Waals surface area contributed by atoms with Crippen LogP contribution in [0.3, 0.4) is 0 Å². The first kappa shape index (κ1) is 14.4. The Morgan fingerprint density at radius 2 is 2.37 bits per heavy atom. The fraction of sp³-hybridized carbons (Fsp3) is 0.600. The highest BCUT2D eigenvalue weighted by Crippen LogP contribution is 2.24. The smallest absolute Gasteiger partial charge is 0.126 e. The molecule has 0 aliphatic carbocycles. The second kappa shape index (κ2) is 6.98. The van der Waals surface area contributed by atoms with E-state index in [4.69, 9.17) is 10.6 Å². The van der Waals surface area contributed by atoms with Crippen molar-refractivity contribution in [1.82, 2.24) is 5.43 Å². The number of hydrogen-bond acceptors (Lipinski definition) is 3. The fourth-order valence-corrected chi connectivity index (χ4v) is 2.65. The molecular weight excluding hydrogens is 243 g/mol. The molecule has 106 valence electrons. The number of rotatable bonds is 6. The Hall–Kier alpha value is -0.970. The van der Waals surface area contributed by atoms with E-state index in [0.717, 1.165) is 31.4 Å². The Bertz CT molecular complexity index is 405. The number of halogens is 1. The lowest BCUT2D eigenvalue weighted by molar-refractivity contribution is 0.101. The largest absolute Gasteiger partial charge is 0.378 e. The predicted molar refractivity (Wildman–Crippen MR) is 74.0 cm³/mol. The maximum absolute atomic E-state index is 13.3. The van der Waals surface area contributed by atoms with Crippen molar-refractivity contribution in [1.29, 1.82) is 0 Å². The van der Waals surface area contributed by atoms with Crippen molar-refractivity contribution in [2.45, 2.75) is 51.2 Å². The molecule has 19 heavy (non-hydrogen) atoms. The van der Waals surface area contributed by atoms with Gasteiger partial charge in [-0.2, -0.15) is 0 Å². The molecule has 3 nitrogen and oxygen atoms in total. The van der Waals surface area contributed by atoms with Crippen LogP contribution in [-0.2, 0) is 4.74 Å². The standard InChI is InChI=1S/C15H23FN2O/c1-11-10-12(7-8-14(11)16)15(18-17)6-2-4-13-5-3-9-19-13/h7-8,10,13,15,18H,2-6,9,17H2,1H3. The lowest BCUT2D eigenvalue weighted by Gasteiger charge is -2.18. The van der Waals surface area contributed by atoms with Gasteiger partial charge in [-0.25, -0.2) is 4.39 Å². The zero-order valence-corrected chi connectivity index (χ0v) is 11.5. The number of hydrazine groups is 1. The predicted octanol–water partition coefficient (Wildman–Crippen LogP) is 2.99. The molecule has 1 saturated heterocycles. The molecule has 0 amide bonds. The van der Waals surface area contributed by atoms with E-state index in [1.54, 1.807) is 13.0 Å². The van der Waals surface area contributed by atoms with E-state index in [0.29, 0.717) is 11.7 Å². The molecule has 0 bridgehead atoms. The summed E-state index contributed by atoms with van der Waals surface area (Å²) in [6.45, 7) is 2.68. The first-order chi connectivity index (χ1) is 9.20. The Morgan fingerprint density at radius 1 is 1.53 bits per heavy atom. The average Bonchev–Trinajstić information content (AvgIpc) is 2.91. The summed E-state index contributed by atoms with van der Waals surface area (Å²) in [5.41, 5.74) is 4.54. The molecule has 0 aromatic heterocycles. The van der Waals surface area contributed by atoms with Crippen molar-refractivity contribution in [3.63, 3.8) is 0 Å². The van der Waals surface area contributed by atoms with Gasteiger partial charge in [0.15, 0.2) is 0 Å². The van der Waals surface area contributed by atoms with Crippen molar-refractivity contribution >= 4 is 0 Å². The number of nitrogens with one attached hydrogen (secondary N) is 1. The van der Waals surface area contributed by atoms with Crippen LogP contribution in [0.5, 0.6) is 0 Å². The second-order valence-electron chi connectivity index (χ2n) is 5.29. The quantitative estimate of drug-likeness (QED) is 0.614. The van der Waals surface area contributed by atoms with Gasteiger partial charge in [0, 0.05) is 12.6 Å². The zero-order chi connectivity index (χ0) is 13.7. The lowest BCUT2D eigenvalue weighted by Crippen LogP contribution is -2.28. The highest BCUT2D eigenvalue weighted by Gasteiger charge is 2.16. The Morgan fingerprint density at radius 3 is 3.00 bits per heavy atom. The van der Waals surface area contributed by atoms with Gasteiger partial charge < -0.3 is 4.74 Å². The number of nitrogens with two attached hydrogens (primary N) is 1. The van der Waals surface area contributed by atoms with Crippen molar-refractivity contribution < 1.29 is 9.13 Å². The van der Waals surface area contributed by atoms with Crippen molar-refractivity contribution in [2.75, 3.05) is 6.61 Å². The van der Waals surface area contributed by atoms with E-state index >= 15 is 0 Å². The van der Waals surface area contributed by atoms with Gasteiger partial charge in [0.05, 0.1) is 6.10 Å². The molecule has 1 fully saturated rings. The van der Waals surface area contributed by atoms with Gasteiger partial charge in [-0.3, -0.25) is 11.3 Å². The zero-order valence-electron chi connectivity index (χ0n) is 11.5. The summed E-state index contributed by atoms with van der Waals surface area (Å²) in [5.74, 6) is 5.44. The molecule has 1 heterocycles. The Kier molecular flexibility index (Phi) is 5.31. The molecule has 1 aromatic rings. The molecule has 3 N–H and O–H groups in total. The summed E-state index contributed by atoms with van der Waals surface area (Å²) in [5, 5.41) is 0. The van der Waals surface area contributed by atoms with Gasteiger partial charge in [0.1, 0.15) is 5.82 Å². The summed E-state index contributed by atoms with van der Waals surface area (Å²) in [7, 11) is 0. The third-order valence-corrected chi connectivity index (χ3v) is 3.83. The van der Waals surface area contributed by atoms with Gasteiger partial charge in [0.2, 0.25) is 0 Å². The SMILES string of the molecule is Cc1cc(C(CCCC2CCCO2)NN)ccc1F. The molecular formula is C15H23FN2O. The van der Waals surface area contributed by atoms with E-state index < -0.39 is 0 Å². The average molecular weight is 266 g/mol. The van der Waals surface area contributed by atoms with E-state index in [1.807, 2.05) is 6.07 Å². The van der Waals surface area contributed by atoms with Gasteiger partial charge >= 0.3 is 0 Å². The molecule has 1 aromatic carbocycles. The van der Waals surface area contributed by atoms with Crippen LogP contribution in [-0.4, -0.2) is 12.7 Å². The highest BCUT2D eigenvalue weighted by molar-refractivity contribution is 5.26. The number of hydrogen-bond donors (Lipinski definition) is 2. The van der Waals surface area contributed by atoms with E-state index in [2.05, 4.69) is 5.43 Å². The molecule has 0 radical (unpaired) electrons. The summed E-state index contributed by atoms with van der Waals surface area (Å²) in [4.78, 5) is 0. The first-order valence-corrected chi connectivity index (χ1v) is 7.04. The number of benzene rings is 1. The summed E-state index contributed by atoms with van der Waals surface area (Å²) < 4.78 is 18.9. The van der Waals surface area contributed by atoms with Crippen LogP contribution < -0.4 is 11.3 Å². The minimum atomic E-state index is -0.168. The number of aryl methyl sites for hydroxylation is 1. The minimum Gasteiger partial charge on any atom is -0.378 e. The Balaban J connectivity index is 1.86. The minimum absolute atomic E-state index is 0.0840. The topological polar surface area (TPSA) is 47.3 Å². The van der Waals surface area contributed by atoms with Crippen LogP contribution in [0.2, 0.25) is 0 Å². The van der Waals surface area contributed by atoms with Crippen LogP contribution in [0.1, 0.15) is 49.3 Å². The highest BCUT2D eigenvalue weighted by atomic mass is 19.1. The van der Waals surface area contributed by atoms with Crippen LogP contribution in [0, 0.1) is 12.7 Å². The Labute approximate surface area is 114 Å². The maximum Gasteiger partial charge on any atom is 0.126 e. The van der Waals surface area contributed by atoms with E-state index in [1.165, 1.54) is 18.9 Å². The van der Waals surface area contributed by atoms with Gasteiger partial charge in [-0.15, -0.1) is 0 Å². The maximum atomic E-state index is 13.3. The normalized spacial score (nSPS) is 20.7. The molecule has 0 spiro atoms. The van der Waals surface area contributed by atoms with Crippen molar-refractivity contribution in [3.8, 4) is 0 Å². The molecule has 1 aliphatic heterocycles. The summed E-state index contributed by atoms with van der Waals surface area (Å²) in [6, 6.07) is 5.26. The first-order valence-electron chi connectivity index (χ1n) is 7.04. The molecule has 2 atom stereocenters. The van der Waals surface area contributed by atoms with Crippen LogP contribution in [0.4, 0.5) is 4.39 Å². The van der Waals surface area contributed by atoms with Crippen molar-refractivity contribution in [2.24, 2.45) is 5.84 Å². The molecule has 0 saturated carbocycles. The van der Waals surface area contributed by atoms with Crippen molar-refractivity contribution in [3.05, 3.63) is 35.1 Å².